The van der Waals surface area contributed by atoms with Gasteiger partial charge in [-0.25, -0.2) is 20.7 Å². The number of carbonyl (C=O) groups is 1. The van der Waals surface area contributed by atoms with E-state index in [-0.39, 0.29) is 117 Å². The average Bonchev–Trinajstić information content (AvgIpc) is 2.83. The normalized spacial score (nSPS) is 19.2. The topological polar surface area (TPSA) is 480 Å². The monoisotopic (exact) mass is 1300 g/mol. The molecule has 7 rings (SSSR count). The summed E-state index contributed by atoms with van der Waals surface area (Å²) < 4.78 is 110. The van der Waals surface area contributed by atoms with E-state index in [4.69, 9.17) is 48.3 Å². The Morgan fingerprint density at radius 1 is 0.904 bits per heavy atom. The standard InChI is InChI=1S/C42H42Cl2N16O17S6/c1-2-11-46-32-17-29(30(18-34(32)81(64,65)66)59-60-31-16-23(5-10-33(31)80-76-75-63)49-40-53-38(44)54-42(56-40)79-19-35(61)62)50-41-52-37(43)51-39(55-41)48-22-4-9-26(28(15-22)47-20-73-45)57-58-27-8-3-21-14-24(78-13-12-74-77-83(70,71)72)6-7-25(21)36(27)82(67,68)69/h4,6-7,9,14-15,20,23,31-34,59-60,63H,1,3,5,8,10,16-19,45H2,(H,61,62)(H,64,65,66)(H,67,68,69)(H,70,71,72)(H,49,53,54,56)(H2,48,50,51,52,55). The van der Waals surface area contributed by atoms with Gasteiger partial charge in [0.05, 0.1) is 28.4 Å². The van der Waals surface area contributed by atoms with E-state index in [0.29, 0.717) is 23.3 Å². The van der Waals surface area contributed by atoms with E-state index < -0.39 is 64.1 Å². The molecule has 2 aromatic carbocycles. The molecule has 33 nitrogen and oxygen atoms in total. The number of hydrazine groups is 1. The van der Waals surface area contributed by atoms with Crippen molar-refractivity contribution in [3.05, 3.63) is 87.5 Å². The van der Waals surface area contributed by atoms with Crippen LogP contribution >= 0.6 is 58.8 Å². The molecule has 0 bridgehead atoms. The van der Waals surface area contributed by atoms with Crippen LogP contribution in [0.2, 0.25) is 10.6 Å². The second-order valence-electron chi connectivity index (χ2n) is 16.8. The number of aliphatic imine (C=N–C) groups is 2. The maximum atomic E-state index is 12.9. The molecule has 0 amide bonds. The maximum Gasteiger partial charge on any atom is 0.433 e. The van der Waals surface area contributed by atoms with Crippen molar-refractivity contribution in [1.29, 1.82) is 0 Å². The average molecular weight is 1310 g/mol. The van der Waals surface area contributed by atoms with Crippen LogP contribution in [-0.4, -0.2) is 132 Å². The number of hydrogen-bond acceptors (Lipinski definition) is 32. The first-order valence-electron chi connectivity index (χ1n) is 23.0. The van der Waals surface area contributed by atoms with Crippen molar-refractivity contribution in [3.8, 4) is 11.4 Å². The first-order chi connectivity index (χ1) is 39.5. The van der Waals surface area contributed by atoms with Crippen molar-refractivity contribution in [2.45, 2.75) is 83.6 Å². The Morgan fingerprint density at radius 3 is 2.37 bits per heavy atom. The molecule has 12 N–H and O–H groups in total. The minimum atomic E-state index is -4.90. The third-order valence-electron chi connectivity index (χ3n) is 11.4. The molecule has 0 spiro atoms. The van der Waals surface area contributed by atoms with Crippen LogP contribution in [0.5, 0.6) is 0 Å². The molecule has 5 atom stereocenters. The number of nitrogens with one attached hydrogen (secondary N) is 5. The highest BCUT2D eigenvalue weighted by Crippen LogP contribution is 2.40. The number of fused-ring (bicyclic) bond motifs is 1. The van der Waals surface area contributed by atoms with Gasteiger partial charge < -0.3 is 31.3 Å². The predicted octanol–water partition coefficient (Wildman–Crippen LogP) is 5.50. The number of aliphatic carboxylic acids is 1. The highest BCUT2D eigenvalue weighted by molar-refractivity contribution is 8.04. The van der Waals surface area contributed by atoms with Gasteiger partial charge in [-0.15, -0.1) is 9.45 Å². The van der Waals surface area contributed by atoms with Gasteiger partial charge in [0.2, 0.25) is 34.8 Å². The number of rotatable bonds is 25. The number of thioether (sulfide) groups is 2. The van der Waals surface area contributed by atoms with Gasteiger partial charge >= 0.3 is 16.4 Å². The molecule has 83 heavy (non-hydrogen) atoms. The summed E-state index contributed by atoms with van der Waals surface area (Å²) >= 11 is 15.0. The minimum absolute atomic E-state index is 0.0146. The zero-order valence-electron chi connectivity index (χ0n) is 41.7. The zero-order chi connectivity index (χ0) is 59.9. The fourth-order valence-corrected chi connectivity index (χ4v) is 12.2. The Hall–Kier alpha value is -6.61. The molecular weight excluding hydrogens is 1260 g/mol. The van der Waals surface area contributed by atoms with Gasteiger partial charge in [-0.1, -0.05) is 28.6 Å². The third-order valence-corrected chi connectivity index (χ3v) is 16.7. The number of halogens is 2. The van der Waals surface area contributed by atoms with Gasteiger partial charge in [-0.05, 0) is 114 Å². The third kappa shape index (κ3) is 19.2. The summed E-state index contributed by atoms with van der Waals surface area (Å²) in [6, 6.07) is 6.72. The Bertz CT molecular complexity index is 3740. The molecule has 0 saturated heterocycles. The van der Waals surface area contributed by atoms with Crippen LogP contribution in [0.3, 0.4) is 0 Å². The molecule has 0 aliphatic heterocycles. The molecule has 1 saturated carbocycles. The zero-order valence-corrected chi connectivity index (χ0v) is 48.1. The predicted molar refractivity (Wildman–Crippen MR) is 299 cm³/mol. The van der Waals surface area contributed by atoms with E-state index in [0.717, 1.165) is 42.0 Å². The summed E-state index contributed by atoms with van der Waals surface area (Å²) in [5.74, 6) is 5.97. The number of benzene rings is 2. The number of aromatic nitrogens is 6. The first kappa shape index (κ1) is 64.0. The van der Waals surface area contributed by atoms with Crippen LogP contribution in [0.15, 0.2) is 96.1 Å². The van der Waals surface area contributed by atoms with E-state index in [9.17, 15) is 39.2 Å². The smallest absolute Gasteiger partial charge is 0.433 e. The summed E-state index contributed by atoms with van der Waals surface area (Å²) in [5, 5.41) is 39.6. The van der Waals surface area contributed by atoms with Crippen molar-refractivity contribution < 1.29 is 77.5 Å². The quantitative estimate of drug-likeness (QED) is 0.00373. The van der Waals surface area contributed by atoms with Crippen molar-refractivity contribution in [2.75, 3.05) is 21.7 Å². The van der Waals surface area contributed by atoms with Crippen LogP contribution in [0.25, 0.3) is 4.91 Å². The molecule has 41 heteroatoms. The van der Waals surface area contributed by atoms with Gasteiger partial charge in [0.15, 0.2) is 11.3 Å². The van der Waals surface area contributed by atoms with Gasteiger partial charge in [-0.3, -0.25) is 23.3 Å². The lowest BCUT2D eigenvalue weighted by molar-refractivity contribution is -0.432. The van der Waals surface area contributed by atoms with Crippen molar-refractivity contribution in [1.82, 2.24) is 40.8 Å². The Labute approximate surface area is 493 Å². The maximum absolute atomic E-state index is 12.9. The number of nitrogens with zero attached hydrogens (tertiary/aromatic N) is 10. The number of hydrogen-bond donors (Lipinski definition) is 11. The van der Waals surface area contributed by atoms with Gasteiger partial charge in [0.1, 0.15) is 15.8 Å². The lowest BCUT2D eigenvalue weighted by atomic mass is 9.91. The van der Waals surface area contributed by atoms with Crippen molar-refractivity contribution in [3.63, 3.8) is 0 Å². The molecule has 5 unspecified atom stereocenters. The summed E-state index contributed by atoms with van der Waals surface area (Å²) in [6.07, 6.45) is 3.60. The Kier molecular flexibility index (Phi) is 22.6. The van der Waals surface area contributed by atoms with Crippen LogP contribution in [0.4, 0.5) is 34.9 Å². The van der Waals surface area contributed by atoms with E-state index in [1.807, 2.05) is 6.11 Å². The molecule has 3 aliphatic rings. The lowest BCUT2D eigenvalue weighted by Gasteiger charge is -2.37. The number of carboxylic acid groups (broad SMARTS) is 1. The van der Waals surface area contributed by atoms with Crippen molar-refractivity contribution in [2.24, 2.45) is 26.1 Å². The summed E-state index contributed by atoms with van der Waals surface area (Å²) in [4.78, 5) is 53.3. The first-order valence-corrected chi connectivity index (χ1v) is 30.7. The number of anilines is 4. The van der Waals surface area contributed by atoms with E-state index in [1.165, 1.54) is 30.3 Å². The highest BCUT2D eigenvalue weighted by Gasteiger charge is 2.40. The number of azo groups is 1. The molecule has 3 aliphatic carbocycles. The highest BCUT2D eigenvalue weighted by atomic mass is 35.5. The largest absolute Gasteiger partial charge is 0.481 e. The van der Waals surface area contributed by atoms with Crippen LogP contribution in [0.1, 0.15) is 49.7 Å². The summed E-state index contributed by atoms with van der Waals surface area (Å²) in [5.41, 5.74) is 9.88. The van der Waals surface area contributed by atoms with Gasteiger partial charge in [-0.2, -0.15) is 66.2 Å². The number of nitrogens with two attached hydrogens (primary N) is 1. The number of aryl methyl sites for hydroxylation is 1. The van der Waals surface area contributed by atoms with Crippen LogP contribution in [-0.2, 0) is 65.3 Å². The molecule has 1 fully saturated rings. The molecular formula is C42H42Cl2N16O17S6. The molecule has 4 aromatic rings. The fraction of sp³-hybridized carbons (Fsp3) is 0.310. The number of allylic oxidation sites excluding steroid dienone is 2. The van der Waals surface area contributed by atoms with Gasteiger partial charge in [0.25, 0.3) is 20.2 Å². The lowest BCUT2D eigenvalue weighted by Crippen LogP contribution is -2.53. The van der Waals surface area contributed by atoms with Crippen molar-refractivity contribution >= 4 is 147 Å². The molecule has 2 aromatic heterocycles. The second-order valence-corrected chi connectivity index (χ2v) is 24.3. The second kappa shape index (κ2) is 29.3. The van der Waals surface area contributed by atoms with Crippen LogP contribution in [0, 0.1) is 11.4 Å². The molecule has 0 radical (unpaired) electrons. The van der Waals surface area contributed by atoms with Crippen LogP contribution < -0.4 is 32.7 Å². The van der Waals surface area contributed by atoms with E-state index >= 15 is 0 Å². The van der Waals surface area contributed by atoms with E-state index in [1.54, 1.807) is 6.07 Å². The Balaban J connectivity index is 1.14. The minimum Gasteiger partial charge on any atom is -0.481 e. The summed E-state index contributed by atoms with van der Waals surface area (Å²) in [6.45, 7) is 3.44. The molecule has 442 valence electrons. The fourth-order valence-electron chi connectivity index (χ4n) is 8.14. The van der Waals surface area contributed by atoms with E-state index in [2.05, 4.69) is 119 Å². The summed E-state index contributed by atoms with van der Waals surface area (Å²) in [7, 11) is -14.6. The van der Waals surface area contributed by atoms with Gasteiger partial charge in [0, 0.05) is 75.6 Å². The SMILES string of the molecule is C=C=C=NC1CC(Nc2nc(Cl)nc(Nc3ccc(N=NC4=C(S(=O)(=O)O)c5ccc(SC#COOS(=O)(=O)O)cc5CC4)c(N=CON)c3)n2)=C(NNC2CC(Nc3nc(Cl)nc(SCC(=O)O)n3)CCC2SOOO)CC1S(=O)(=O)O. The Morgan fingerprint density at radius 2 is 1.66 bits per heavy atom. The number of carboxylic acids is 1. The molecule has 2 heterocycles.